The molecule has 94 valence electrons. The van der Waals surface area contributed by atoms with Gasteiger partial charge in [-0.15, -0.1) is 11.6 Å². The number of aromatic nitrogens is 2. The lowest BCUT2D eigenvalue weighted by atomic mass is 10.3. The molecule has 0 spiro atoms. The fourth-order valence-electron chi connectivity index (χ4n) is 1.36. The van der Waals surface area contributed by atoms with Crippen molar-refractivity contribution >= 4 is 11.6 Å². The summed E-state index contributed by atoms with van der Waals surface area (Å²) < 4.78 is 10.9. The molecule has 2 aromatic rings. The van der Waals surface area contributed by atoms with Gasteiger partial charge in [-0.25, -0.2) is 9.97 Å². The average molecular weight is 265 g/mol. The van der Waals surface area contributed by atoms with E-state index in [1.165, 1.54) is 0 Å². The van der Waals surface area contributed by atoms with Crippen LogP contribution in [-0.4, -0.2) is 16.6 Å². The number of hydrogen-bond acceptors (Lipinski definition) is 4. The summed E-state index contributed by atoms with van der Waals surface area (Å²) in [6.07, 6.45) is 3.28. The molecule has 0 aliphatic heterocycles. The number of alkyl halides is 1. The van der Waals surface area contributed by atoms with E-state index in [2.05, 4.69) is 9.97 Å². The quantitative estimate of drug-likeness (QED) is 0.777. The Kier molecular flexibility index (Phi) is 4.36. The molecule has 0 N–H and O–H groups in total. The lowest BCUT2D eigenvalue weighted by molar-refractivity contribution is 0.337. The Labute approximate surface area is 111 Å². The Morgan fingerprint density at radius 2 is 1.89 bits per heavy atom. The van der Waals surface area contributed by atoms with Gasteiger partial charge in [-0.05, 0) is 19.1 Å². The first-order valence-electron chi connectivity index (χ1n) is 5.59. The molecule has 0 amide bonds. The molecule has 0 fully saturated rings. The zero-order valence-electron chi connectivity index (χ0n) is 9.97. The van der Waals surface area contributed by atoms with Gasteiger partial charge in [0, 0.05) is 24.0 Å². The second-order valence-electron chi connectivity index (χ2n) is 3.52. The van der Waals surface area contributed by atoms with Crippen LogP contribution in [0, 0.1) is 0 Å². The zero-order valence-corrected chi connectivity index (χ0v) is 10.7. The van der Waals surface area contributed by atoms with Crippen LogP contribution in [0.2, 0.25) is 0 Å². The van der Waals surface area contributed by atoms with Gasteiger partial charge in [0.1, 0.15) is 11.5 Å². The maximum Gasteiger partial charge on any atom is 0.321 e. The molecule has 0 aliphatic rings. The van der Waals surface area contributed by atoms with Crippen LogP contribution in [0.3, 0.4) is 0 Å². The van der Waals surface area contributed by atoms with E-state index in [0.29, 0.717) is 18.2 Å². The molecule has 0 saturated heterocycles. The normalized spacial score (nSPS) is 10.1. The van der Waals surface area contributed by atoms with Crippen molar-refractivity contribution in [3.05, 3.63) is 42.2 Å². The van der Waals surface area contributed by atoms with Gasteiger partial charge in [-0.2, -0.15) is 0 Å². The van der Waals surface area contributed by atoms with Crippen molar-refractivity contribution in [2.24, 2.45) is 0 Å². The van der Waals surface area contributed by atoms with Crippen molar-refractivity contribution in [3.8, 4) is 17.5 Å². The minimum absolute atomic E-state index is 0.289. The first-order valence-corrected chi connectivity index (χ1v) is 6.13. The van der Waals surface area contributed by atoms with Gasteiger partial charge in [0.15, 0.2) is 0 Å². The maximum absolute atomic E-state index is 5.66. The van der Waals surface area contributed by atoms with Crippen LogP contribution in [0.15, 0.2) is 36.7 Å². The summed E-state index contributed by atoms with van der Waals surface area (Å²) in [7, 11) is 0. The summed E-state index contributed by atoms with van der Waals surface area (Å²) in [5, 5.41) is 0. The summed E-state index contributed by atoms with van der Waals surface area (Å²) in [6.45, 7) is 2.55. The fourth-order valence-corrected chi connectivity index (χ4v) is 1.50. The van der Waals surface area contributed by atoms with Crippen molar-refractivity contribution in [1.29, 1.82) is 0 Å². The van der Waals surface area contributed by atoms with Crippen molar-refractivity contribution < 1.29 is 9.47 Å². The Bertz CT molecular complexity index is 503. The predicted molar refractivity (Wildman–Crippen MR) is 69.3 cm³/mol. The van der Waals surface area contributed by atoms with Gasteiger partial charge in [0.25, 0.3) is 0 Å². The molecule has 0 bridgehead atoms. The molecule has 2 rings (SSSR count). The highest BCUT2D eigenvalue weighted by Gasteiger charge is 2.02. The van der Waals surface area contributed by atoms with Crippen LogP contribution in [0.25, 0.3) is 0 Å². The largest absolute Gasteiger partial charge is 0.494 e. The van der Waals surface area contributed by atoms with Crippen LogP contribution < -0.4 is 9.47 Å². The van der Waals surface area contributed by atoms with Crippen LogP contribution in [0.5, 0.6) is 17.5 Å². The van der Waals surface area contributed by atoms with Gasteiger partial charge in [0.05, 0.1) is 12.5 Å². The molecule has 0 unspecified atom stereocenters. The second-order valence-corrected chi connectivity index (χ2v) is 3.78. The third-order valence-electron chi connectivity index (χ3n) is 2.16. The molecule has 1 aromatic carbocycles. The van der Waals surface area contributed by atoms with Crippen LogP contribution in [-0.2, 0) is 5.88 Å². The first-order chi connectivity index (χ1) is 8.81. The molecule has 1 aromatic heterocycles. The third kappa shape index (κ3) is 3.34. The Hall–Kier alpha value is -1.81. The van der Waals surface area contributed by atoms with Gasteiger partial charge in [-0.3, -0.25) is 0 Å². The Morgan fingerprint density at radius 3 is 2.56 bits per heavy atom. The van der Waals surface area contributed by atoms with E-state index in [1.807, 2.05) is 25.1 Å². The minimum Gasteiger partial charge on any atom is -0.494 e. The van der Waals surface area contributed by atoms with Crippen LogP contribution in [0.1, 0.15) is 12.5 Å². The highest BCUT2D eigenvalue weighted by Crippen LogP contribution is 2.22. The predicted octanol–water partition coefficient (Wildman–Crippen LogP) is 3.41. The minimum atomic E-state index is 0.289. The van der Waals surface area contributed by atoms with Crippen molar-refractivity contribution in [1.82, 2.24) is 9.97 Å². The summed E-state index contributed by atoms with van der Waals surface area (Å²) in [4.78, 5) is 8.12. The molecule has 0 aliphatic carbocycles. The van der Waals surface area contributed by atoms with Crippen LogP contribution in [0.4, 0.5) is 0 Å². The van der Waals surface area contributed by atoms with Gasteiger partial charge < -0.3 is 9.47 Å². The van der Waals surface area contributed by atoms with Gasteiger partial charge in [0.2, 0.25) is 0 Å². The highest BCUT2D eigenvalue weighted by molar-refractivity contribution is 6.17. The SMILES string of the molecule is CCOc1cccc(Oc2ncc(CCl)cn2)c1. The second kappa shape index (κ2) is 6.21. The lowest BCUT2D eigenvalue weighted by Gasteiger charge is -2.06. The van der Waals surface area contributed by atoms with E-state index < -0.39 is 0 Å². The van der Waals surface area contributed by atoms with Crippen LogP contribution >= 0.6 is 11.6 Å². The Balaban J connectivity index is 2.09. The molecule has 4 nitrogen and oxygen atoms in total. The smallest absolute Gasteiger partial charge is 0.321 e. The van der Waals surface area contributed by atoms with Gasteiger partial charge in [-0.1, -0.05) is 6.07 Å². The summed E-state index contributed by atoms with van der Waals surface area (Å²) in [6, 6.07) is 7.63. The number of nitrogens with zero attached hydrogens (tertiary/aromatic N) is 2. The molecular weight excluding hydrogens is 252 g/mol. The molecule has 0 radical (unpaired) electrons. The molecular formula is C13H13ClN2O2. The third-order valence-corrected chi connectivity index (χ3v) is 2.47. The number of hydrogen-bond donors (Lipinski definition) is 0. The van der Waals surface area contributed by atoms with E-state index in [0.717, 1.165) is 11.3 Å². The maximum atomic E-state index is 5.66. The molecule has 0 saturated carbocycles. The average Bonchev–Trinajstić information content (AvgIpc) is 2.40. The highest BCUT2D eigenvalue weighted by atomic mass is 35.5. The summed E-state index contributed by atoms with van der Waals surface area (Å²) >= 11 is 5.66. The molecule has 0 atom stereocenters. The Morgan fingerprint density at radius 1 is 1.17 bits per heavy atom. The van der Waals surface area contributed by atoms with Crippen molar-refractivity contribution in [3.63, 3.8) is 0 Å². The van der Waals surface area contributed by atoms with E-state index in [4.69, 9.17) is 21.1 Å². The van der Waals surface area contributed by atoms with E-state index in [1.54, 1.807) is 18.5 Å². The number of benzene rings is 1. The molecule has 18 heavy (non-hydrogen) atoms. The molecule has 1 heterocycles. The topological polar surface area (TPSA) is 44.2 Å². The zero-order chi connectivity index (χ0) is 12.8. The molecule has 5 heteroatoms. The number of rotatable bonds is 5. The number of halogens is 1. The van der Waals surface area contributed by atoms with Gasteiger partial charge >= 0.3 is 6.01 Å². The summed E-state index contributed by atoms with van der Waals surface area (Å²) in [5.74, 6) is 1.78. The first kappa shape index (κ1) is 12.6. The van der Waals surface area contributed by atoms with Crippen molar-refractivity contribution in [2.75, 3.05) is 6.61 Å². The number of ether oxygens (including phenoxy) is 2. The van der Waals surface area contributed by atoms with E-state index >= 15 is 0 Å². The fraction of sp³-hybridized carbons (Fsp3) is 0.231. The monoisotopic (exact) mass is 264 g/mol. The standard InChI is InChI=1S/C13H13ClN2O2/c1-2-17-11-4-3-5-12(6-11)18-13-15-8-10(7-14)9-16-13/h3-6,8-9H,2,7H2,1H3. The summed E-state index contributed by atoms with van der Waals surface area (Å²) in [5.41, 5.74) is 0.854. The van der Waals surface area contributed by atoms with Crippen molar-refractivity contribution in [2.45, 2.75) is 12.8 Å². The lowest BCUT2D eigenvalue weighted by Crippen LogP contribution is -1.94. The van der Waals surface area contributed by atoms with E-state index in [-0.39, 0.29) is 6.01 Å². The van der Waals surface area contributed by atoms with E-state index in [9.17, 15) is 0 Å².